The van der Waals surface area contributed by atoms with Crippen LogP contribution < -0.4 is 18.4 Å². The Morgan fingerprint density at radius 2 is 1.22 bits per heavy atom. The summed E-state index contributed by atoms with van der Waals surface area (Å²) < 4.78 is 84.5. The molecule has 51 heavy (non-hydrogen) atoms. The van der Waals surface area contributed by atoms with Crippen LogP contribution in [0.2, 0.25) is 0 Å². The van der Waals surface area contributed by atoms with Crippen LogP contribution in [0.1, 0.15) is 25.7 Å². The zero-order valence-electron chi connectivity index (χ0n) is 27.7. The van der Waals surface area contributed by atoms with Gasteiger partial charge >= 0.3 is 26.1 Å². The topological polar surface area (TPSA) is 127 Å². The first kappa shape index (κ1) is 33.6. The van der Waals surface area contributed by atoms with Crippen molar-refractivity contribution in [3.05, 3.63) is 133 Å². The van der Waals surface area contributed by atoms with Gasteiger partial charge in [0.2, 0.25) is 10.7 Å². The molecule has 0 radical (unpaired) electrons. The molecular weight excluding hydrogens is 689 g/mol. The minimum absolute atomic E-state index is 0.0710. The molecule has 262 valence electrons. The molecule has 4 aromatic carbocycles. The third-order valence-corrected chi connectivity index (χ3v) is 13.3. The van der Waals surface area contributed by atoms with Gasteiger partial charge in [0.15, 0.2) is 22.9 Å². The van der Waals surface area contributed by atoms with E-state index in [4.69, 9.17) is 9.47 Å². The van der Waals surface area contributed by atoms with Gasteiger partial charge in [0, 0.05) is 50.0 Å². The number of fused-ring (bicyclic) bond motifs is 4. The fourth-order valence-corrected chi connectivity index (χ4v) is 11.0. The van der Waals surface area contributed by atoms with E-state index in [1.807, 2.05) is 97.1 Å². The van der Waals surface area contributed by atoms with Crippen LogP contribution in [0.4, 0.5) is 11.4 Å². The van der Waals surface area contributed by atoms with Gasteiger partial charge in [-0.2, -0.15) is 16.8 Å². The zero-order valence-corrected chi connectivity index (χ0v) is 29.3. The van der Waals surface area contributed by atoms with Crippen molar-refractivity contribution < 1.29 is 35.4 Å². The molecule has 2 N–H and O–H groups in total. The third-order valence-electron chi connectivity index (χ3n) is 10.7. The van der Waals surface area contributed by atoms with Gasteiger partial charge in [-0.1, -0.05) is 91.0 Å². The molecule has 2 spiro atoms. The standard InChI is InChI=1S/C39H36N2O8S2/c42-50(43,44)38-18-10-24-40(38)32-26-30(28-12-4-1-5-13-28)20-22-34(32)48-36(40)16-8-3-9-17-37-41(25-11-19-39(41)51(45,46)47)33-27-31(21-23-35(33)49-37)29-14-6-2-7-15-29/h1-9,12-17,20-23,26-27,36,38-39H,10-11,18-19,24-25H2/p+2. The van der Waals surface area contributed by atoms with Gasteiger partial charge in [0.25, 0.3) is 6.23 Å². The smallest absolute Gasteiger partial charge is 0.320 e. The number of hydrogen-bond donors (Lipinski definition) is 2. The Bertz CT molecular complexity index is 2310. The molecule has 8 rings (SSSR count). The van der Waals surface area contributed by atoms with Crippen molar-refractivity contribution in [1.29, 1.82) is 0 Å². The Morgan fingerprint density at radius 3 is 1.86 bits per heavy atom. The number of rotatable bonds is 7. The van der Waals surface area contributed by atoms with Crippen LogP contribution in [-0.2, 0) is 20.2 Å². The van der Waals surface area contributed by atoms with E-state index in [0.29, 0.717) is 61.1 Å². The van der Waals surface area contributed by atoms with E-state index in [1.54, 1.807) is 30.4 Å². The van der Waals surface area contributed by atoms with E-state index in [-0.39, 0.29) is 15.4 Å². The van der Waals surface area contributed by atoms with Crippen molar-refractivity contribution in [2.24, 2.45) is 0 Å². The molecule has 0 amide bonds. The van der Waals surface area contributed by atoms with Crippen LogP contribution in [0, 0.1) is 0 Å². The summed E-state index contributed by atoms with van der Waals surface area (Å²) in [5, 5.41) is -2.21. The van der Waals surface area contributed by atoms with E-state index in [0.717, 1.165) is 22.3 Å². The number of benzene rings is 4. The summed E-state index contributed by atoms with van der Waals surface area (Å²) in [5.74, 6) is 1.48. The normalized spacial score (nSPS) is 27.8. The number of quaternary nitrogens is 2. The van der Waals surface area contributed by atoms with E-state index < -0.39 is 37.2 Å². The molecular formula is C39H38N2O8S2+2. The maximum absolute atomic E-state index is 12.8. The van der Waals surface area contributed by atoms with E-state index >= 15 is 0 Å². The van der Waals surface area contributed by atoms with Crippen molar-refractivity contribution >= 4 is 31.6 Å². The molecule has 4 aromatic rings. The van der Waals surface area contributed by atoms with Gasteiger partial charge in [-0.3, -0.25) is 9.11 Å². The summed E-state index contributed by atoms with van der Waals surface area (Å²) in [6, 6.07) is 31.1. The molecule has 4 aliphatic rings. The van der Waals surface area contributed by atoms with Crippen LogP contribution >= 0.6 is 0 Å². The first-order chi connectivity index (χ1) is 24.5. The molecule has 0 saturated carbocycles. The molecule has 0 bridgehead atoms. The lowest BCUT2D eigenvalue weighted by Crippen LogP contribution is -2.60. The van der Waals surface area contributed by atoms with E-state index in [2.05, 4.69) is 0 Å². The highest BCUT2D eigenvalue weighted by atomic mass is 32.2. The highest BCUT2D eigenvalue weighted by Crippen LogP contribution is 2.53. The summed E-state index contributed by atoms with van der Waals surface area (Å²) in [4.78, 5) is 0. The summed E-state index contributed by atoms with van der Waals surface area (Å²) in [6.45, 7) is 0.897. The second-order valence-corrected chi connectivity index (χ2v) is 16.6. The van der Waals surface area contributed by atoms with Gasteiger partial charge in [0.05, 0.1) is 13.1 Å². The van der Waals surface area contributed by atoms with Crippen LogP contribution in [0.15, 0.2) is 133 Å². The average molecular weight is 727 g/mol. The fourth-order valence-electron chi connectivity index (χ4n) is 8.51. The molecule has 0 aliphatic carbocycles. The highest BCUT2D eigenvalue weighted by molar-refractivity contribution is 7.86. The van der Waals surface area contributed by atoms with E-state index in [1.165, 1.54) is 0 Å². The van der Waals surface area contributed by atoms with Crippen LogP contribution in [0.5, 0.6) is 11.5 Å². The van der Waals surface area contributed by atoms with E-state index in [9.17, 15) is 25.9 Å². The first-order valence-corrected chi connectivity index (χ1v) is 20.0. The molecule has 0 aromatic heterocycles. The highest BCUT2D eigenvalue weighted by Gasteiger charge is 2.61. The molecule has 5 atom stereocenters. The Morgan fingerprint density at radius 1 is 0.627 bits per heavy atom. The van der Waals surface area contributed by atoms with Crippen molar-refractivity contribution in [1.82, 2.24) is 8.97 Å². The van der Waals surface area contributed by atoms with Crippen molar-refractivity contribution in [3.63, 3.8) is 0 Å². The Hall–Kier alpha value is -4.56. The Labute approximate surface area is 297 Å². The van der Waals surface area contributed by atoms with Gasteiger partial charge in [-0.05, 0) is 34.4 Å². The van der Waals surface area contributed by atoms with Gasteiger partial charge in [-0.15, -0.1) is 0 Å². The molecule has 2 saturated heterocycles. The molecule has 2 fully saturated rings. The second-order valence-electron chi connectivity index (χ2n) is 13.5. The number of allylic oxidation sites excluding steroid dienone is 4. The maximum atomic E-state index is 12.8. The van der Waals surface area contributed by atoms with Crippen molar-refractivity contribution in [2.75, 3.05) is 13.1 Å². The van der Waals surface area contributed by atoms with Crippen LogP contribution in [0.3, 0.4) is 0 Å². The van der Waals surface area contributed by atoms with Gasteiger partial charge in [-0.25, -0.2) is 8.97 Å². The third kappa shape index (κ3) is 5.63. The fraction of sp³-hybridized carbons (Fsp3) is 0.231. The minimum atomic E-state index is -4.45. The molecule has 4 aliphatic heterocycles. The lowest BCUT2D eigenvalue weighted by Gasteiger charge is -2.36. The maximum Gasteiger partial charge on any atom is 0.320 e. The second kappa shape index (κ2) is 12.6. The predicted octanol–water partition coefficient (Wildman–Crippen LogP) is 7.42. The Kier molecular flexibility index (Phi) is 8.29. The van der Waals surface area contributed by atoms with Crippen LogP contribution in [0.25, 0.3) is 22.3 Å². The summed E-state index contributed by atoms with van der Waals surface area (Å²) in [6.07, 6.45) is 9.77. The number of hydrogen-bond acceptors (Lipinski definition) is 6. The predicted molar refractivity (Wildman–Crippen MR) is 198 cm³/mol. The summed E-state index contributed by atoms with van der Waals surface area (Å²) in [7, 11) is -8.87. The lowest BCUT2D eigenvalue weighted by molar-refractivity contribution is 0.114. The van der Waals surface area contributed by atoms with Crippen molar-refractivity contribution in [3.8, 4) is 33.8 Å². The molecule has 10 nitrogen and oxygen atoms in total. The quantitative estimate of drug-likeness (QED) is 0.115. The van der Waals surface area contributed by atoms with Crippen LogP contribution in [-0.4, -0.2) is 56.0 Å². The number of nitrogens with zero attached hydrogens (tertiary/aromatic N) is 2. The Balaban J connectivity index is 1.13. The SMILES string of the molecule is O=S(=O)(O)C1CCC[N+]12C(=CC=CC=CC1Oc3ccc(-c4ccccc4)cc3[N+]13CCCC3S(=O)(=O)O)Oc1ccc(-c3ccccc3)cc12. The summed E-state index contributed by atoms with van der Waals surface area (Å²) >= 11 is 0. The number of ether oxygens (including phenoxy) is 2. The molecule has 12 heteroatoms. The first-order valence-electron chi connectivity index (χ1n) is 17.0. The minimum Gasteiger partial charge on any atom is -0.432 e. The molecule has 5 unspecified atom stereocenters. The lowest BCUT2D eigenvalue weighted by atomic mass is 10.0. The monoisotopic (exact) mass is 726 g/mol. The summed E-state index contributed by atoms with van der Waals surface area (Å²) in [5.41, 5.74) is 5.18. The largest absolute Gasteiger partial charge is 0.432 e. The van der Waals surface area contributed by atoms with Crippen molar-refractivity contribution in [2.45, 2.75) is 42.7 Å². The van der Waals surface area contributed by atoms with Gasteiger partial charge in [0.1, 0.15) is 0 Å². The zero-order chi connectivity index (χ0) is 35.4. The average Bonchev–Trinajstić information content (AvgIpc) is 3.90. The van der Waals surface area contributed by atoms with Gasteiger partial charge < -0.3 is 9.47 Å². The molecule has 4 heterocycles.